The van der Waals surface area contributed by atoms with E-state index in [-0.39, 0.29) is 24.5 Å². The van der Waals surface area contributed by atoms with Crippen LogP contribution in [0.15, 0.2) is 48.5 Å². The standard InChI is InChI=1S/C33H37ClF3N3O3/c1-43-30(41)11-3-10-27-26-9-5-15-38-14-4-7-23(31(26)38)20-40(27)32(42)29-17-22-12-13-25(34)18-28(22)39(29)19-21-6-2-8-24(16-21)33(35,36)37/h2,6,8,12-13,16-18,23,26-27,31H,3-5,7,9-11,14-15,19-20H2,1H3/t23-,26+,27+,31-/m0/s1. The monoisotopic (exact) mass is 615 g/mol. The molecule has 1 amide bonds. The van der Waals surface area contributed by atoms with Crippen LogP contribution in [0, 0.1) is 11.8 Å². The molecule has 230 valence electrons. The first-order chi connectivity index (χ1) is 20.6. The number of piperidine rings is 3. The molecular weight excluding hydrogens is 579 g/mol. The Morgan fingerprint density at radius 2 is 1.84 bits per heavy atom. The third-order valence-electron chi connectivity index (χ3n) is 9.72. The second-order valence-electron chi connectivity index (χ2n) is 12.2. The van der Waals surface area contributed by atoms with Crippen LogP contribution in [0.2, 0.25) is 5.02 Å². The number of alkyl halides is 3. The number of halogens is 4. The maximum Gasteiger partial charge on any atom is 0.416 e. The van der Waals surface area contributed by atoms with Crippen molar-refractivity contribution in [3.8, 4) is 0 Å². The van der Waals surface area contributed by atoms with Crippen molar-refractivity contribution in [3.05, 3.63) is 70.4 Å². The highest BCUT2D eigenvalue weighted by Crippen LogP contribution is 2.44. The minimum absolute atomic E-state index is 0.0390. The Hall–Kier alpha value is -3.04. The topological polar surface area (TPSA) is 54.8 Å². The molecule has 3 fully saturated rings. The number of esters is 1. The molecule has 0 spiro atoms. The van der Waals surface area contributed by atoms with Crippen LogP contribution in [0.4, 0.5) is 13.2 Å². The summed E-state index contributed by atoms with van der Waals surface area (Å²) >= 11 is 6.37. The molecule has 2 aromatic carbocycles. The number of ether oxygens (including phenoxy) is 1. The molecule has 3 saturated heterocycles. The summed E-state index contributed by atoms with van der Waals surface area (Å²) in [6.45, 7) is 2.91. The summed E-state index contributed by atoms with van der Waals surface area (Å²) < 4.78 is 47.3. The molecular formula is C33H37ClF3N3O3. The number of carbonyl (C=O) groups excluding carboxylic acids is 2. The van der Waals surface area contributed by atoms with E-state index in [2.05, 4.69) is 4.90 Å². The molecule has 1 aromatic heterocycles. The molecule has 0 N–H and O–H groups in total. The molecule has 6 rings (SSSR count). The van der Waals surface area contributed by atoms with Gasteiger partial charge in [-0.05, 0) is 99.3 Å². The van der Waals surface area contributed by atoms with Gasteiger partial charge in [-0.15, -0.1) is 0 Å². The molecule has 0 bridgehead atoms. The van der Waals surface area contributed by atoms with Crippen molar-refractivity contribution in [3.63, 3.8) is 0 Å². The van der Waals surface area contributed by atoms with E-state index >= 15 is 0 Å². The van der Waals surface area contributed by atoms with Gasteiger partial charge < -0.3 is 14.2 Å². The normalized spacial score (nSPS) is 24.2. The van der Waals surface area contributed by atoms with Crippen LogP contribution in [0.5, 0.6) is 0 Å². The number of likely N-dealkylation sites (tertiary alicyclic amines) is 1. The van der Waals surface area contributed by atoms with Crippen molar-refractivity contribution in [2.75, 3.05) is 26.7 Å². The van der Waals surface area contributed by atoms with E-state index in [0.717, 1.165) is 56.3 Å². The first-order valence-electron chi connectivity index (χ1n) is 15.2. The van der Waals surface area contributed by atoms with Gasteiger partial charge in [0, 0.05) is 42.0 Å². The van der Waals surface area contributed by atoms with Crippen LogP contribution in [-0.4, -0.2) is 65.1 Å². The number of benzene rings is 2. The molecule has 0 aliphatic carbocycles. The summed E-state index contributed by atoms with van der Waals surface area (Å²) in [5, 5.41) is 1.29. The molecule has 3 aliphatic heterocycles. The lowest BCUT2D eigenvalue weighted by Gasteiger charge is -2.57. The van der Waals surface area contributed by atoms with Crippen molar-refractivity contribution in [1.29, 1.82) is 0 Å². The number of nitrogens with zero attached hydrogens (tertiary/aromatic N) is 3. The maximum absolute atomic E-state index is 14.7. The van der Waals surface area contributed by atoms with Gasteiger partial charge >= 0.3 is 12.1 Å². The number of methoxy groups -OCH3 is 1. The van der Waals surface area contributed by atoms with E-state index in [1.165, 1.54) is 13.2 Å². The van der Waals surface area contributed by atoms with E-state index in [1.54, 1.807) is 18.2 Å². The molecule has 3 aromatic rings. The highest BCUT2D eigenvalue weighted by molar-refractivity contribution is 6.31. The number of amides is 1. The summed E-state index contributed by atoms with van der Waals surface area (Å²) in [6.07, 6.45) is 1.45. The van der Waals surface area contributed by atoms with Crippen LogP contribution in [0.1, 0.15) is 66.6 Å². The van der Waals surface area contributed by atoms with Crippen molar-refractivity contribution < 1.29 is 27.5 Å². The Bertz CT molecular complexity index is 1500. The zero-order valence-electron chi connectivity index (χ0n) is 24.3. The Morgan fingerprint density at radius 3 is 2.60 bits per heavy atom. The van der Waals surface area contributed by atoms with Crippen LogP contribution in [0.25, 0.3) is 10.9 Å². The third-order valence-corrected chi connectivity index (χ3v) is 9.96. The fourth-order valence-corrected chi connectivity index (χ4v) is 8.07. The predicted molar refractivity (Wildman–Crippen MR) is 159 cm³/mol. The van der Waals surface area contributed by atoms with E-state index in [1.807, 2.05) is 21.6 Å². The molecule has 0 radical (unpaired) electrons. The van der Waals surface area contributed by atoms with Gasteiger partial charge in [0.15, 0.2) is 0 Å². The molecule has 10 heteroatoms. The van der Waals surface area contributed by atoms with Crippen molar-refractivity contribution >= 4 is 34.4 Å². The molecule has 0 unspecified atom stereocenters. The van der Waals surface area contributed by atoms with Gasteiger partial charge in [-0.1, -0.05) is 29.8 Å². The minimum Gasteiger partial charge on any atom is -0.469 e. The lowest BCUT2D eigenvalue weighted by atomic mass is 9.69. The van der Waals surface area contributed by atoms with E-state index < -0.39 is 11.7 Å². The Labute approximate surface area is 254 Å². The Balaban J connectivity index is 1.38. The second kappa shape index (κ2) is 12.2. The first kappa shape index (κ1) is 30.0. The smallest absolute Gasteiger partial charge is 0.416 e. The molecule has 6 nitrogen and oxygen atoms in total. The summed E-state index contributed by atoms with van der Waals surface area (Å²) in [5.74, 6) is 0.303. The van der Waals surface area contributed by atoms with Crippen LogP contribution in [-0.2, 0) is 22.3 Å². The van der Waals surface area contributed by atoms with Crippen LogP contribution < -0.4 is 0 Å². The third kappa shape index (κ3) is 6.03. The zero-order valence-corrected chi connectivity index (χ0v) is 25.0. The summed E-state index contributed by atoms with van der Waals surface area (Å²) in [5.41, 5.74) is 0.866. The number of hydrogen-bond acceptors (Lipinski definition) is 4. The second-order valence-corrected chi connectivity index (χ2v) is 12.7. The fourth-order valence-electron chi connectivity index (χ4n) is 7.91. The molecule has 3 aliphatic rings. The highest BCUT2D eigenvalue weighted by atomic mass is 35.5. The molecule has 4 atom stereocenters. The van der Waals surface area contributed by atoms with Crippen LogP contribution in [0.3, 0.4) is 0 Å². The molecule has 0 saturated carbocycles. The number of fused-ring (bicyclic) bond motifs is 1. The fraction of sp³-hybridized carbons (Fsp3) is 0.515. The lowest BCUT2D eigenvalue weighted by molar-refractivity contribution is -0.141. The Morgan fingerprint density at radius 1 is 1.05 bits per heavy atom. The number of carbonyl (C=O) groups is 2. The number of rotatable bonds is 7. The van der Waals surface area contributed by atoms with Crippen molar-refractivity contribution in [2.45, 2.75) is 69.8 Å². The van der Waals surface area contributed by atoms with E-state index in [9.17, 15) is 22.8 Å². The molecule has 43 heavy (non-hydrogen) atoms. The van der Waals surface area contributed by atoms with Gasteiger partial charge in [0.05, 0.1) is 18.2 Å². The largest absolute Gasteiger partial charge is 0.469 e. The quantitative estimate of drug-likeness (QED) is 0.268. The first-order valence-corrected chi connectivity index (χ1v) is 15.6. The average Bonchev–Trinajstić information content (AvgIpc) is 3.34. The highest BCUT2D eigenvalue weighted by Gasteiger charge is 2.50. The minimum atomic E-state index is -4.47. The molecule has 4 heterocycles. The summed E-state index contributed by atoms with van der Waals surface area (Å²) in [7, 11) is 1.39. The van der Waals surface area contributed by atoms with E-state index in [0.29, 0.717) is 65.5 Å². The predicted octanol–water partition coefficient (Wildman–Crippen LogP) is 7.02. The van der Waals surface area contributed by atoms with Gasteiger partial charge in [-0.25, -0.2) is 0 Å². The zero-order chi connectivity index (χ0) is 30.3. The van der Waals surface area contributed by atoms with Crippen LogP contribution >= 0.6 is 11.6 Å². The van der Waals surface area contributed by atoms with Gasteiger partial charge in [0.2, 0.25) is 0 Å². The maximum atomic E-state index is 14.7. The number of hydrogen-bond donors (Lipinski definition) is 0. The average molecular weight is 616 g/mol. The van der Waals surface area contributed by atoms with E-state index in [4.69, 9.17) is 16.3 Å². The van der Waals surface area contributed by atoms with Gasteiger partial charge in [-0.2, -0.15) is 13.2 Å². The van der Waals surface area contributed by atoms with Crippen molar-refractivity contribution in [1.82, 2.24) is 14.4 Å². The van der Waals surface area contributed by atoms with Gasteiger partial charge in [0.25, 0.3) is 5.91 Å². The Kier molecular flexibility index (Phi) is 8.48. The summed E-state index contributed by atoms with van der Waals surface area (Å²) in [4.78, 5) is 31.3. The van der Waals surface area contributed by atoms with Gasteiger partial charge in [-0.3, -0.25) is 14.5 Å². The van der Waals surface area contributed by atoms with Crippen molar-refractivity contribution in [2.24, 2.45) is 11.8 Å². The lowest BCUT2D eigenvalue weighted by Crippen LogP contribution is -2.65. The number of aromatic nitrogens is 1. The summed E-state index contributed by atoms with van der Waals surface area (Å²) in [6, 6.07) is 12.9. The van der Waals surface area contributed by atoms with Gasteiger partial charge in [0.1, 0.15) is 5.69 Å². The SMILES string of the molecule is COC(=O)CCC[C@@H]1[C@H]2CCCN3CCC[C@@H](CN1C(=O)c1cc4ccc(Cl)cc4n1Cc1cccc(C(F)(F)F)c1)[C@@H]23.